The Kier molecular flexibility index (Phi) is 5.30. The molecule has 2 aliphatic heterocycles. The number of carbonyl (C=O) groups is 2. The molecule has 3 amide bonds. The van der Waals surface area contributed by atoms with E-state index in [9.17, 15) is 23.5 Å². The maximum absolute atomic E-state index is 14.1. The number of hydrogen-bond donors (Lipinski definition) is 2. The summed E-state index contributed by atoms with van der Waals surface area (Å²) in [6, 6.07) is 17.1. The minimum atomic E-state index is -0.550. The van der Waals surface area contributed by atoms with Gasteiger partial charge in [-0.3, -0.25) is 9.69 Å². The zero-order valence-corrected chi connectivity index (χ0v) is 17.5. The number of anilines is 2. The van der Waals surface area contributed by atoms with Crippen molar-refractivity contribution in [1.82, 2.24) is 4.90 Å². The van der Waals surface area contributed by atoms with Crippen LogP contribution in [0.1, 0.15) is 21.8 Å². The highest BCUT2D eigenvalue weighted by Gasteiger charge is 2.55. The highest BCUT2D eigenvalue weighted by molar-refractivity contribution is 6.03. The molecule has 0 bridgehead atoms. The van der Waals surface area contributed by atoms with E-state index in [-0.39, 0.29) is 36.7 Å². The molecule has 0 spiro atoms. The van der Waals surface area contributed by atoms with Gasteiger partial charge in [0.2, 0.25) is 0 Å². The number of hydrogen-bond acceptors (Lipinski definition) is 3. The molecule has 0 radical (unpaired) electrons. The van der Waals surface area contributed by atoms with Crippen LogP contribution >= 0.6 is 0 Å². The number of carbonyl (C=O) groups excluding carboxylic acids is 2. The van der Waals surface area contributed by atoms with Crippen molar-refractivity contribution in [2.24, 2.45) is 0 Å². The van der Waals surface area contributed by atoms with Crippen LogP contribution in [-0.4, -0.2) is 47.2 Å². The first-order valence-electron chi connectivity index (χ1n) is 10.6. The maximum Gasteiger partial charge on any atom is 0.326 e. The Hall–Kier alpha value is -3.78. The number of fused-ring (bicyclic) bond motifs is 3. The Morgan fingerprint density at radius 2 is 1.67 bits per heavy atom. The molecule has 3 atom stereocenters. The summed E-state index contributed by atoms with van der Waals surface area (Å²) < 4.78 is 27.4. The second-order valence-electron chi connectivity index (χ2n) is 8.14. The number of nitrogens with zero attached hydrogens (tertiary/aromatic N) is 2. The van der Waals surface area contributed by atoms with Gasteiger partial charge in [0.25, 0.3) is 5.91 Å². The normalized spacial score (nSPS) is 21.0. The number of nitrogens with one attached hydrogen (secondary N) is 1. The summed E-state index contributed by atoms with van der Waals surface area (Å²) in [6.07, 6.45) is 0. The average Bonchev–Trinajstić information content (AvgIpc) is 2.81. The molecule has 2 heterocycles. The van der Waals surface area contributed by atoms with Gasteiger partial charge < -0.3 is 15.3 Å². The van der Waals surface area contributed by atoms with Crippen LogP contribution in [0.2, 0.25) is 0 Å². The van der Waals surface area contributed by atoms with Gasteiger partial charge in [-0.1, -0.05) is 30.3 Å². The van der Waals surface area contributed by atoms with Crippen LogP contribution in [0, 0.1) is 11.6 Å². The molecule has 0 aliphatic carbocycles. The predicted octanol–water partition coefficient (Wildman–Crippen LogP) is 3.99. The van der Waals surface area contributed by atoms with Crippen LogP contribution < -0.4 is 10.2 Å². The minimum Gasteiger partial charge on any atom is -0.394 e. The Labute approximate surface area is 189 Å². The number of aliphatic hydroxyl groups is 1. The van der Waals surface area contributed by atoms with Gasteiger partial charge in [-0.25, -0.2) is 13.6 Å². The van der Waals surface area contributed by atoms with Crippen molar-refractivity contribution in [3.8, 4) is 0 Å². The molecule has 2 aliphatic rings. The van der Waals surface area contributed by atoms with Crippen molar-refractivity contribution >= 4 is 23.3 Å². The molecule has 0 unspecified atom stereocenters. The molecule has 3 aromatic rings. The van der Waals surface area contributed by atoms with Crippen molar-refractivity contribution in [2.45, 2.75) is 18.0 Å². The molecule has 2 N–H and O–H groups in total. The van der Waals surface area contributed by atoms with Gasteiger partial charge in [-0.2, -0.15) is 0 Å². The molecule has 8 heteroatoms. The van der Waals surface area contributed by atoms with Gasteiger partial charge in [0.05, 0.1) is 24.4 Å². The van der Waals surface area contributed by atoms with Crippen molar-refractivity contribution in [3.63, 3.8) is 0 Å². The standard InChI is InChI=1S/C25H21F2N3O3/c26-16-11-9-15(10-12-16)24(32)30-21-13-29(25(33)28-19-7-3-2-6-18(19)27)20-8-4-1-5-17(20)23(21)22(30)14-31/h1-12,21-23,31H,13-14H2,(H,28,33)/t21-,22+,23+/m0/s1. The third-order valence-corrected chi connectivity index (χ3v) is 6.37. The summed E-state index contributed by atoms with van der Waals surface area (Å²) in [4.78, 5) is 29.4. The van der Waals surface area contributed by atoms with Gasteiger partial charge in [-0.15, -0.1) is 0 Å². The molecule has 3 aromatic carbocycles. The summed E-state index contributed by atoms with van der Waals surface area (Å²) in [5.41, 5.74) is 1.84. The SMILES string of the molecule is O=C(Nc1ccccc1F)N1C[C@H]2[C@@H](c3ccccc31)[C@@H](CO)N2C(=O)c1ccc(F)cc1. The fourth-order valence-electron chi connectivity index (χ4n) is 4.85. The summed E-state index contributed by atoms with van der Waals surface area (Å²) in [5.74, 6) is -1.50. The summed E-state index contributed by atoms with van der Waals surface area (Å²) in [5, 5.41) is 12.7. The van der Waals surface area contributed by atoms with Crippen LogP contribution in [0.15, 0.2) is 72.8 Å². The summed E-state index contributed by atoms with van der Waals surface area (Å²) >= 11 is 0. The average molecular weight is 449 g/mol. The van der Waals surface area contributed by atoms with Gasteiger partial charge in [0.1, 0.15) is 11.6 Å². The van der Waals surface area contributed by atoms with Gasteiger partial charge in [0.15, 0.2) is 0 Å². The van der Waals surface area contributed by atoms with Crippen molar-refractivity contribution in [3.05, 3.63) is 95.6 Å². The molecule has 5 rings (SSSR count). The van der Waals surface area contributed by atoms with E-state index in [0.717, 1.165) is 5.56 Å². The van der Waals surface area contributed by atoms with Crippen LogP contribution in [-0.2, 0) is 0 Å². The first kappa shape index (κ1) is 21.1. The Bertz CT molecular complexity index is 1220. The third-order valence-electron chi connectivity index (χ3n) is 6.37. The van der Waals surface area contributed by atoms with Gasteiger partial charge >= 0.3 is 6.03 Å². The smallest absolute Gasteiger partial charge is 0.326 e. The zero-order chi connectivity index (χ0) is 23.1. The topological polar surface area (TPSA) is 72.9 Å². The molecule has 6 nitrogen and oxygen atoms in total. The fraction of sp³-hybridized carbons (Fsp3) is 0.200. The van der Waals surface area contributed by atoms with Crippen LogP contribution in [0.25, 0.3) is 0 Å². The monoisotopic (exact) mass is 449 g/mol. The summed E-state index contributed by atoms with van der Waals surface area (Å²) in [7, 11) is 0. The zero-order valence-electron chi connectivity index (χ0n) is 17.5. The molecule has 33 heavy (non-hydrogen) atoms. The van der Waals surface area contributed by atoms with Gasteiger partial charge in [0, 0.05) is 23.7 Å². The molecular weight excluding hydrogens is 428 g/mol. The Balaban J connectivity index is 1.47. The van der Waals surface area contributed by atoms with Crippen molar-refractivity contribution in [2.75, 3.05) is 23.4 Å². The van der Waals surface area contributed by atoms with Gasteiger partial charge in [-0.05, 0) is 48.0 Å². The Morgan fingerprint density at radius 1 is 0.970 bits per heavy atom. The van der Waals surface area contributed by atoms with Crippen LogP contribution in [0.3, 0.4) is 0 Å². The quantitative estimate of drug-likeness (QED) is 0.635. The van der Waals surface area contributed by atoms with E-state index in [4.69, 9.17) is 0 Å². The molecule has 1 fully saturated rings. The number of likely N-dealkylation sites (tertiary alicyclic amines) is 1. The Morgan fingerprint density at radius 3 is 2.39 bits per heavy atom. The van der Waals surface area contributed by atoms with E-state index < -0.39 is 23.7 Å². The molecule has 0 aromatic heterocycles. The third kappa shape index (κ3) is 3.52. The lowest BCUT2D eigenvalue weighted by atomic mass is 9.71. The fourth-order valence-corrected chi connectivity index (χ4v) is 4.85. The lowest BCUT2D eigenvalue weighted by molar-refractivity contribution is -0.0241. The number of rotatable bonds is 3. The first-order chi connectivity index (χ1) is 16.0. The van der Waals surface area contributed by atoms with E-state index in [1.54, 1.807) is 23.1 Å². The van der Waals surface area contributed by atoms with E-state index in [1.807, 2.05) is 12.1 Å². The lowest BCUT2D eigenvalue weighted by Crippen LogP contribution is -2.71. The van der Waals surface area contributed by atoms with Crippen LogP contribution in [0.4, 0.5) is 25.0 Å². The first-order valence-corrected chi connectivity index (χ1v) is 10.6. The number of amides is 3. The number of para-hydroxylation sites is 2. The van der Waals surface area contributed by atoms with E-state index in [0.29, 0.717) is 11.3 Å². The predicted molar refractivity (Wildman–Crippen MR) is 119 cm³/mol. The van der Waals surface area contributed by atoms with Crippen molar-refractivity contribution < 1.29 is 23.5 Å². The lowest BCUT2D eigenvalue weighted by Gasteiger charge is -2.58. The number of benzene rings is 3. The van der Waals surface area contributed by atoms with E-state index in [1.165, 1.54) is 47.4 Å². The number of halogens is 2. The van der Waals surface area contributed by atoms with Crippen molar-refractivity contribution in [1.29, 1.82) is 0 Å². The number of urea groups is 1. The summed E-state index contributed by atoms with van der Waals surface area (Å²) in [6.45, 7) is -0.0741. The highest BCUT2D eigenvalue weighted by Crippen LogP contribution is 2.48. The maximum atomic E-state index is 14.1. The van der Waals surface area contributed by atoms with E-state index >= 15 is 0 Å². The molecule has 168 valence electrons. The molecule has 1 saturated heterocycles. The van der Waals surface area contributed by atoms with Crippen LogP contribution in [0.5, 0.6) is 0 Å². The minimum absolute atomic E-state index is 0.0585. The largest absolute Gasteiger partial charge is 0.394 e. The second-order valence-corrected chi connectivity index (χ2v) is 8.14. The molecular formula is C25H21F2N3O3. The highest BCUT2D eigenvalue weighted by atomic mass is 19.1. The van der Waals surface area contributed by atoms with E-state index in [2.05, 4.69) is 5.32 Å². The number of aliphatic hydroxyl groups excluding tert-OH is 1. The molecule has 0 saturated carbocycles. The second kappa shape index (κ2) is 8.29.